The van der Waals surface area contributed by atoms with E-state index >= 15 is 0 Å². The van der Waals surface area contributed by atoms with Crippen LogP contribution in [0, 0.1) is 0 Å². The number of nitrogens with two attached hydrogens (primary N) is 1. The van der Waals surface area contributed by atoms with Crippen LogP contribution < -0.4 is 11.1 Å². The Hall–Kier alpha value is -3.65. The molecule has 0 spiro atoms. The highest BCUT2D eigenvalue weighted by atomic mass is 16.4. The number of rotatable bonds is 8. The number of fused-ring (bicyclic) bond motifs is 1. The minimum absolute atomic E-state index is 0.232. The quantitative estimate of drug-likeness (QED) is 0.418. The molecular formula is C25H28N4O4. The molecule has 1 fully saturated rings. The van der Waals surface area contributed by atoms with Crippen molar-refractivity contribution in [2.24, 2.45) is 5.73 Å². The first-order valence-electron chi connectivity index (χ1n) is 11.1. The minimum Gasteiger partial charge on any atom is -0.480 e. The van der Waals surface area contributed by atoms with Crippen molar-refractivity contribution >= 4 is 28.7 Å². The van der Waals surface area contributed by atoms with Gasteiger partial charge >= 0.3 is 5.97 Å². The molecule has 2 aromatic carbocycles. The number of carboxylic acids is 1. The Bertz CT molecular complexity index is 1140. The highest BCUT2D eigenvalue weighted by molar-refractivity contribution is 5.93. The number of carbonyl (C=O) groups excluding carboxylic acids is 2. The lowest BCUT2D eigenvalue weighted by Crippen LogP contribution is -2.55. The van der Waals surface area contributed by atoms with Gasteiger partial charge in [0.25, 0.3) is 0 Å². The Kier molecular flexibility index (Phi) is 6.74. The van der Waals surface area contributed by atoms with Gasteiger partial charge in [-0.2, -0.15) is 0 Å². The van der Waals surface area contributed by atoms with Crippen molar-refractivity contribution in [2.75, 3.05) is 6.54 Å². The molecule has 1 aliphatic heterocycles. The molecule has 5 N–H and O–H groups in total. The highest BCUT2D eigenvalue weighted by Crippen LogP contribution is 2.23. The lowest BCUT2D eigenvalue weighted by atomic mass is 10.0. The molecule has 8 heteroatoms. The van der Waals surface area contributed by atoms with E-state index in [-0.39, 0.29) is 6.42 Å². The third kappa shape index (κ3) is 5.06. The number of nitrogens with one attached hydrogen (secondary N) is 2. The van der Waals surface area contributed by atoms with Crippen LogP contribution >= 0.6 is 0 Å². The summed E-state index contributed by atoms with van der Waals surface area (Å²) < 4.78 is 0. The standard InChI is InChI=1S/C25H28N4O4/c26-19(13-16-7-2-1-3-8-16)23(30)28-21(24(31)29-12-6-11-22(29)25(32)33)14-17-15-27-20-10-5-4-9-18(17)20/h1-5,7-10,15,19,21-22,27H,6,11-14,26H2,(H,28,30)(H,32,33)/t19-,21-,22-/m0/s1. The van der Waals surface area contributed by atoms with Crippen LogP contribution in [0.15, 0.2) is 60.8 Å². The van der Waals surface area contributed by atoms with Gasteiger partial charge in [-0.25, -0.2) is 4.79 Å². The number of amides is 2. The van der Waals surface area contributed by atoms with E-state index in [4.69, 9.17) is 5.73 Å². The molecule has 33 heavy (non-hydrogen) atoms. The number of aromatic amines is 1. The fraction of sp³-hybridized carbons (Fsp3) is 0.320. The molecule has 172 valence electrons. The summed E-state index contributed by atoms with van der Waals surface area (Å²) in [6.45, 7) is 0.353. The summed E-state index contributed by atoms with van der Waals surface area (Å²) >= 11 is 0. The molecule has 1 aliphatic rings. The summed E-state index contributed by atoms with van der Waals surface area (Å²) in [7, 11) is 0. The van der Waals surface area contributed by atoms with Crippen LogP contribution in [0.4, 0.5) is 0 Å². The molecule has 3 atom stereocenters. The van der Waals surface area contributed by atoms with Gasteiger partial charge in [0.1, 0.15) is 12.1 Å². The number of aromatic nitrogens is 1. The molecule has 0 saturated carbocycles. The molecule has 4 rings (SSSR count). The number of para-hydroxylation sites is 1. The van der Waals surface area contributed by atoms with Crippen LogP contribution in [-0.2, 0) is 27.2 Å². The van der Waals surface area contributed by atoms with Crippen molar-refractivity contribution in [3.05, 3.63) is 71.9 Å². The van der Waals surface area contributed by atoms with E-state index in [9.17, 15) is 19.5 Å². The minimum atomic E-state index is -1.03. The largest absolute Gasteiger partial charge is 0.480 e. The molecule has 0 aliphatic carbocycles. The van der Waals surface area contributed by atoms with E-state index in [1.54, 1.807) is 0 Å². The fourth-order valence-electron chi connectivity index (χ4n) is 4.45. The van der Waals surface area contributed by atoms with Crippen LogP contribution in [0.2, 0.25) is 0 Å². The summed E-state index contributed by atoms with van der Waals surface area (Å²) in [4.78, 5) is 42.6. The van der Waals surface area contributed by atoms with E-state index in [0.717, 1.165) is 22.0 Å². The zero-order valence-electron chi connectivity index (χ0n) is 18.2. The number of likely N-dealkylation sites (tertiary alicyclic amines) is 1. The number of hydrogen-bond donors (Lipinski definition) is 4. The molecule has 8 nitrogen and oxygen atoms in total. The van der Waals surface area contributed by atoms with E-state index < -0.39 is 35.9 Å². The number of benzene rings is 2. The Balaban J connectivity index is 1.56. The first-order chi connectivity index (χ1) is 15.9. The molecular weight excluding hydrogens is 420 g/mol. The van der Waals surface area contributed by atoms with Crippen molar-refractivity contribution in [1.82, 2.24) is 15.2 Å². The zero-order chi connectivity index (χ0) is 23.4. The molecule has 0 bridgehead atoms. The predicted molar refractivity (Wildman–Crippen MR) is 124 cm³/mol. The first kappa shape index (κ1) is 22.5. The lowest BCUT2D eigenvalue weighted by Gasteiger charge is -2.28. The zero-order valence-corrected chi connectivity index (χ0v) is 18.2. The number of hydrogen-bond acceptors (Lipinski definition) is 4. The number of carbonyl (C=O) groups is 3. The second kappa shape index (κ2) is 9.87. The van der Waals surface area contributed by atoms with Gasteiger partial charge in [-0.3, -0.25) is 9.59 Å². The molecule has 0 unspecified atom stereocenters. The van der Waals surface area contributed by atoms with Crippen LogP contribution in [0.25, 0.3) is 10.9 Å². The van der Waals surface area contributed by atoms with Gasteiger partial charge in [0, 0.05) is 30.1 Å². The Morgan fingerprint density at radius 2 is 1.82 bits per heavy atom. The third-order valence-corrected chi connectivity index (χ3v) is 6.17. The van der Waals surface area contributed by atoms with Crippen molar-refractivity contribution in [2.45, 2.75) is 43.8 Å². The average molecular weight is 449 g/mol. The molecule has 1 saturated heterocycles. The molecule has 2 heterocycles. The van der Waals surface area contributed by atoms with Gasteiger partial charge in [-0.1, -0.05) is 48.5 Å². The normalized spacial score (nSPS) is 17.6. The van der Waals surface area contributed by atoms with Crippen LogP contribution in [0.1, 0.15) is 24.0 Å². The maximum atomic E-state index is 13.4. The predicted octanol–water partition coefficient (Wildman–Crippen LogP) is 1.84. The summed E-state index contributed by atoms with van der Waals surface area (Å²) in [5, 5.41) is 13.3. The Labute approximate surface area is 191 Å². The van der Waals surface area contributed by atoms with E-state index in [1.165, 1.54) is 4.90 Å². The average Bonchev–Trinajstić information content (AvgIpc) is 3.46. The third-order valence-electron chi connectivity index (χ3n) is 6.17. The summed E-state index contributed by atoms with van der Waals surface area (Å²) in [6, 6.07) is 14.5. The molecule has 1 aromatic heterocycles. The van der Waals surface area contributed by atoms with E-state index in [0.29, 0.717) is 25.8 Å². The summed E-state index contributed by atoms with van der Waals surface area (Å²) in [5.74, 6) is -1.87. The summed E-state index contributed by atoms with van der Waals surface area (Å²) in [5.41, 5.74) is 8.87. The highest BCUT2D eigenvalue weighted by Gasteiger charge is 2.38. The number of nitrogens with zero attached hydrogens (tertiary/aromatic N) is 1. The van der Waals surface area contributed by atoms with Crippen LogP contribution in [0.5, 0.6) is 0 Å². The van der Waals surface area contributed by atoms with Crippen molar-refractivity contribution in [1.29, 1.82) is 0 Å². The smallest absolute Gasteiger partial charge is 0.326 e. The maximum Gasteiger partial charge on any atom is 0.326 e. The van der Waals surface area contributed by atoms with Gasteiger partial charge in [0.15, 0.2) is 0 Å². The number of carboxylic acid groups (broad SMARTS) is 1. The van der Waals surface area contributed by atoms with Gasteiger partial charge in [-0.15, -0.1) is 0 Å². The van der Waals surface area contributed by atoms with Crippen molar-refractivity contribution < 1.29 is 19.5 Å². The number of H-pyrrole nitrogens is 1. The monoisotopic (exact) mass is 448 g/mol. The lowest BCUT2D eigenvalue weighted by molar-refractivity contribution is -0.149. The van der Waals surface area contributed by atoms with Crippen LogP contribution in [-0.4, -0.2) is 57.4 Å². The van der Waals surface area contributed by atoms with Gasteiger partial charge in [-0.05, 0) is 36.5 Å². The van der Waals surface area contributed by atoms with Gasteiger partial charge in [0.05, 0.1) is 6.04 Å². The van der Waals surface area contributed by atoms with Gasteiger partial charge < -0.3 is 26.0 Å². The fourth-order valence-corrected chi connectivity index (χ4v) is 4.45. The second-order valence-corrected chi connectivity index (χ2v) is 8.45. The Morgan fingerprint density at radius 1 is 1.09 bits per heavy atom. The SMILES string of the molecule is N[C@@H](Cc1ccccc1)C(=O)N[C@@H](Cc1c[nH]c2ccccc12)C(=O)N1CCC[C@H]1C(=O)O. The molecule has 3 aromatic rings. The maximum absolute atomic E-state index is 13.4. The topological polar surface area (TPSA) is 129 Å². The number of aliphatic carboxylic acids is 1. The second-order valence-electron chi connectivity index (χ2n) is 8.45. The van der Waals surface area contributed by atoms with Crippen molar-refractivity contribution in [3.63, 3.8) is 0 Å². The Morgan fingerprint density at radius 3 is 2.58 bits per heavy atom. The molecule has 0 radical (unpaired) electrons. The van der Waals surface area contributed by atoms with E-state index in [2.05, 4.69) is 10.3 Å². The molecule has 2 amide bonds. The van der Waals surface area contributed by atoms with Crippen LogP contribution in [0.3, 0.4) is 0 Å². The van der Waals surface area contributed by atoms with Gasteiger partial charge in [0.2, 0.25) is 11.8 Å². The van der Waals surface area contributed by atoms with E-state index in [1.807, 2.05) is 60.8 Å². The first-order valence-corrected chi connectivity index (χ1v) is 11.1. The van der Waals surface area contributed by atoms with Crippen molar-refractivity contribution in [3.8, 4) is 0 Å². The summed E-state index contributed by atoms with van der Waals surface area (Å²) in [6.07, 6.45) is 3.41.